The summed E-state index contributed by atoms with van der Waals surface area (Å²) in [7, 11) is -9.78. The maximum Gasteiger partial charge on any atom is 0.472 e. The summed E-state index contributed by atoms with van der Waals surface area (Å²) in [5.74, 6) is -0.276. The molecule has 3 aliphatic heterocycles. The molecular formula is C21H25FN10O12P2. The highest BCUT2D eigenvalue weighted by Gasteiger charge is 2.53. The molecule has 10 atom stereocenters. The number of aromatic nitrogens is 8. The van der Waals surface area contributed by atoms with Crippen LogP contribution in [0.5, 0.6) is 0 Å². The molecule has 25 heteroatoms. The zero-order valence-electron chi connectivity index (χ0n) is 23.0. The van der Waals surface area contributed by atoms with Crippen molar-refractivity contribution in [2.24, 2.45) is 0 Å². The Morgan fingerprint density at radius 2 is 1.63 bits per heavy atom. The number of halogens is 1. The Bertz CT molecular complexity index is 1960. The molecule has 46 heavy (non-hydrogen) atoms. The van der Waals surface area contributed by atoms with Gasteiger partial charge in [-0.15, -0.1) is 0 Å². The topological polar surface area (TPSA) is 309 Å². The first kappa shape index (κ1) is 31.1. The van der Waals surface area contributed by atoms with Crippen LogP contribution in [0.4, 0.5) is 16.2 Å². The zero-order chi connectivity index (χ0) is 32.5. The number of H-pyrrole nitrogens is 1. The number of hydrogen-bond acceptors (Lipinski definition) is 17. The van der Waals surface area contributed by atoms with Crippen molar-refractivity contribution in [3.05, 3.63) is 29.3 Å². The molecule has 4 aromatic rings. The summed E-state index contributed by atoms with van der Waals surface area (Å²) < 4.78 is 76.9. The average molecular weight is 690 g/mol. The number of aliphatic hydroxyl groups excluding tert-OH is 1. The highest BCUT2D eigenvalue weighted by molar-refractivity contribution is 7.52. The molecule has 0 saturated carbocycles. The lowest BCUT2D eigenvalue weighted by molar-refractivity contribution is -0.0631. The van der Waals surface area contributed by atoms with E-state index < -0.39 is 89.7 Å². The van der Waals surface area contributed by atoms with Crippen LogP contribution in [-0.2, 0) is 36.9 Å². The molecule has 0 aliphatic carbocycles. The Hall–Kier alpha value is -3.47. The van der Waals surface area contributed by atoms with Crippen LogP contribution in [0.1, 0.15) is 12.5 Å². The highest BCUT2D eigenvalue weighted by atomic mass is 31.2. The summed E-state index contributed by atoms with van der Waals surface area (Å²) >= 11 is 0. The van der Waals surface area contributed by atoms with Gasteiger partial charge in [-0.3, -0.25) is 32.5 Å². The van der Waals surface area contributed by atoms with E-state index in [0.717, 1.165) is 17.2 Å². The number of phosphoric ester groups is 1. The predicted molar refractivity (Wildman–Crippen MR) is 147 cm³/mol. The number of fused-ring (bicyclic) bond motifs is 5. The fourth-order valence-corrected chi connectivity index (χ4v) is 7.14. The van der Waals surface area contributed by atoms with Gasteiger partial charge in [0.15, 0.2) is 41.3 Å². The van der Waals surface area contributed by atoms with Crippen molar-refractivity contribution < 1.29 is 56.2 Å². The number of alkyl halides is 1. The Morgan fingerprint density at radius 3 is 2.41 bits per heavy atom. The Labute approximate surface area is 254 Å². The van der Waals surface area contributed by atoms with Crippen molar-refractivity contribution in [2.45, 2.75) is 49.1 Å². The second-order valence-electron chi connectivity index (χ2n) is 10.5. The van der Waals surface area contributed by atoms with Crippen LogP contribution in [0.15, 0.2) is 23.8 Å². The number of hydrogen-bond donors (Lipinski definition) is 6. The molecule has 248 valence electrons. The van der Waals surface area contributed by atoms with Crippen molar-refractivity contribution in [2.75, 3.05) is 31.0 Å². The van der Waals surface area contributed by atoms with Crippen LogP contribution in [0.3, 0.4) is 0 Å². The molecule has 3 aliphatic rings. The number of nitrogens with zero attached hydrogens (tertiary/aromatic N) is 7. The van der Waals surface area contributed by atoms with Crippen LogP contribution in [0.25, 0.3) is 22.3 Å². The fraction of sp³-hybridized carbons (Fsp3) is 0.524. The molecule has 7 rings (SSSR count). The highest BCUT2D eigenvalue weighted by Crippen LogP contribution is 2.52. The second kappa shape index (κ2) is 11.3. The van der Waals surface area contributed by atoms with E-state index in [-0.39, 0.29) is 34.1 Å². The number of aromatic amines is 1. The van der Waals surface area contributed by atoms with Gasteiger partial charge in [0.1, 0.15) is 48.7 Å². The van der Waals surface area contributed by atoms with Crippen molar-refractivity contribution >= 4 is 49.5 Å². The van der Waals surface area contributed by atoms with E-state index in [1.165, 1.54) is 10.9 Å². The fourth-order valence-electron chi connectivity index (χ4n) is 5.39. The first-order valence-electron chi connectivity index (χ1n) is 13.3. The first-order valence-corrected chi connectivity index (χ1v) is 16.6. The summed E-state index contributed by atoms with van der Waals surface area (Å²) in [6, 6.07) is 0. The Balaban J connectivity index is 1.20. The smallest absolute Gasteiger partial charge is 0.387 e. The van der Waals surface area contributed by atoms with Crippen molar-refractivity contribution in [3.63, 3.8) is 0 Å². The normalized spacial score (nSPS) is 37.4. The molecule has 2 bridgehead atoms. The van der Waals surface area contributed by atoms with E-state index in [9.17, 15) is 28.8 Å². The van der Waals surface area contributed by atoms with E-state index in [1.807, 2.05) is 0 Å². The van der Waals surface area contributed by atoms with Crippen LogP contribution in [0, 0.1) is 0 Å². The molecule has 0 spiro atoms. The lowest BCUT2D eigenvalue weighted by Gasteiger charge is -2.26. The van der Waals surface area contributed by atoms with Crippen molar-refractivity contribution in [3.8, 4) is 0 Å². The van der Waals surface area contributed by atoms with E-state index in [0.29, 0.717) is 0 Å². The zero-order valence-corrected chi connectivity index (χ0v) is 24.8. The molecule has 0 aromatic carbocycles. The molecule has 4 aromatic heterocycles. The van der Waals surface area contributed by atoms with Gasteiger partial charge >= 0.3 is 15.4 Å². The third-order valence-corrected chi connectivity index (χ3v) is 9.51. The number of phosphoric acid groups is 1. The van der Waals surface area contributed by atoms with E-state index in [2.05, 4.69) is 29.9 Å². The number of ether oxygens (including phenoxy) is 3. The SMILES string of the molecule is Nc1nc2c(ncn2[C@@H]2O[C@@H]3COP(=O)(O)COC4[C@@H](COP(=O)(O)O[C@H]2C3O)O[C@@H](n2cnc3c(N)ncnc32)[C@H]4F)c(=O)[nH]1. The molecule has 8 N–H and O–H groups in total. The lowest BCUT2D eigenvalue weighted by atomic mass is 10.1. The predicted octanol–water partition coefficient (Wildman–Crippen LogP) is -1.32. The van der Waals surface area contributed by atoms with Gasteiger partial charge < -0.3 is 45.1 Å². The number of nitrogen functional groups attached to an aromatic ring is 2. The van der Waals surface area contributed by atoms with Crippen LogP contribution in [0.2, 0.25) is 0 Å². The summed E-state index contributed by atoms with van der Waals surface area (Å²) in [5, 5.41) is 11.0. The van der Waals surface area contributed by atoms with Crippen LogP contribution >= 0.6 is 15.4 Å². The summed E-state index contributed by atoms with van der Waals surface area (Å²) in [6.45, 7) is -1.60. The second-order valence-corrected chi connectivity index (χ2v) is 13.6. The number of nitrogens with one attached hydrogen (secondary N) is 1. The van der Waals surface area contributed by atoms with Gasteiger partial charge in [-0.2, -0.15) is 4.98 Å². The number of rotatable bonds is 2. The molecular weight excluding hydrogens is 665 g/mol. The third-order valence-electron chi connectivity index (χ3n) is 7.49. The van der Waals surface area contributed by atoms with E-state index in [1.54, 1.807) is 0 Å². The largest absolute Gasteiger partial charge is 0.472 e. The standard InChI is InChI=1S/C21H25FN10O12P2/c22-9-13-8(43-19(9)31-4-27-10-15(23)25-3-26-16(10)31)2-41-46(37,38)44-14-12(33)7(1-40-45(35,36)6-39-13)42-20(14)32-5-28-11-17(32)29-21(24)30-18(11)34/h3-5,7-9,12-14,19-20,33H,1-2,6H2,(H,35,36)(H,37,38)(H2,23,25,26)(H3,24,29,30,34)/t7-,8-,9+,12?,13?,14+,19-,20-/m1/s1. The maximum absolute atomic E-state index is 15.9. The summed E-state index contributed by atoms with van der Waals surface area (Å²) in [6.07, 6.45) is -10.8. The van der Waals surface area contributed by atoms with Gasteiger partial charge in [-0.1, -0.05) is 0 Å². The molecule has 3 fully saturated rings. The molecule has 3 saturated heterocycles. The number of aliphatic hydroxyl groups is 1. The van der Waals surface area contributed by atoms with E-state index >= 15 is 4.39 Å². The Morgan fingerprint density at radius 1 is 0.935 bits per heavy atom. The lowest BCUT2D eigenvalue weighted by Crippen LogP contribution is -2.37. The minimum absolute atomic E-state index is 0.0145. The Kier molecular flexibility index (Phi) is 7.68. The molecule has 0 amide bonds. The average Bonchev–Trinajstić information content (AvgIpc) is 3.75. The van der Waals surface area contributed by atoms with Gasteiger partial charge in [-0.05, 0) is 0 Å². The molecule has 4 unspecified atom stereocenters. The number of imidazole rings is 2. The van der Waals surface area contributed by atoms with Gasteiger partial charge in [0, 0.05) is 0 Å². The summed E-state index contributed by atoms with van der Waals surface area (Å²) in [4.78, 5) is 55.7. The van der Waals surface area contributed by atoms with Crippen LogP contribution < -0.4 is 17.0 Å². The summed E-state index contributed by atoms with van der Waals surface area (Å²) in [5.41, 5.74) is 10.7. The monoisotopic (exact) mass is 690 g/mol. The number of nitrogens with two attached hydrogens (primary N) is 2. The van der Waals surface area contributed by atoms with Crippen molar-refractivity contribution in [1.82, 2.24) is 39.0 Å². The quantitative estimate of drug-likeness (QED) is 0.133. The maximum atomic E-state index is 15.9. The molecule has 0 radical (unpaired) electrons. The minimum Gasteiger partial charge on any atom is -0.387 e. The van der Waals surface area contributed by atoms with Crippen LogP contribution in [-0.4, -0.2) is 110 Å². The van der Waals surface area contributed by atoms with Gasteiger partial charge in [0.2, 0.25) is 5.95 Å². The van der Waals surface area contributed by atoms with Gasteiger partial charge in [0.25, 0.3) is 5.56 Å². The van der Waals surface area contributed by atoms with E-state index in [4.69, 9.17) is 39.2 Å². The van der Waals surface area contributed by atoms with Gasteiger partial charge in [-0.25, -0.2) is 28.9 Å². The molecule has 7 heterocycles. The minimum atomic E-state index is -5.13. The molecule has 22 nitrogen and oxygen atoms in total. The van der Waals surface area contributed by atoms with Crippen molar-refractivity contribution in [1.29, 1.82) is 0 Å². The first-order chi connectivity index (χ1) is 21.8. The number of anilines is 2. The third kappa shape index (κ3) is 5.48. The van der Waals surface area contributed by atoms with Gasteiger partial charge in [0.05, 0.1) is 25.9 Å².